The van der Waals surface area contributed by atoms with Crippen LogP contribution in [0.1, 0.15) is 24.2 Å². The molecule has 0 bridgehead atoms. The maximum absolute atomic E-state index is 5.84. The topological polar surface area (TPSA) is 38.9 Å². The van der Waals surface area contributed by atoms with Gasteiger partial charge in [0.1, 0.15) is 0 Å². The second-order valence-electron chi connectivity index (χ2n) is 3.71. The Morgan fingerprint density at radius 1 is 1.33 bits per heavy atom. The van der Waals surface area contributed by atoms with Gasteiger partial charge in [-0.25, -0.2) is 0 Å². The number of pyridine rings is 1. The molecule has 1 aromatic heterocycles. The van der Waals surface area contributed by atoms with Crippen molar-refractivity contribution in [3.05, 3.63) is 48.3 Å². The van der Waals surface area contributed by atoms with E-state index in [1.54, 1.807) is 6.08 Å². The summed E-state index contributed by atoms with van der Waals surface area (Å²) in [6.07, 6.45) is 3.61. The van der Waals surface area contributed by atoms with Crippen molar-refractivity contribution in [2.24, 2.45) is 5.73 Å². The van der Waals surface area contributed by atoms with Crippen LogP contribution in [0.4, 0.5) is 0 Å². The van der Waals surface area contributed by atoms with E-state index in [1.165, 1.54) is 0 Å². The second kappa shape index (κ2) is 3.83. The third-order valence-electron chi connectivity index (χ3n) is 2.50. The van der Waals surface area contributed by atoms with Crippen LogP contribution in [0.15, 0.2) is 37.0 Å². The Bertz CT molecular complexity index is 501. The van der Waals surface area contributed by atoms with E-state index in [-0.39, 0.29) is 6.04 Å². The van der Waals surface area contributed by atoms with Gasteiger partial charge in [-0.3, -0.25) is 4.98 Å². The third-order valence-corrected chi connectivity index (χ3v) is 2.50. The van der Waals surface area contributed by atoms with Gasteiger partial charge >= 0.3 is 0 Å². The molecule has 0 fully saturated rings. The highest BCUT2D eigenvalue weighted by Crippen LogP contribution is 2.19. The van der Waals surface area contributed by atoms with Crippen molar-refractivity contribution in [1.82, 2.24) is 4.98 Å². The Kier molecular flexibility index (Phi) is 2.52. The molecule has 0 radical (unpaired) electrons. The number of nitrogens with two attached hydrogens (primary N) is 1. The third kappa shape index (κ3) is 1.90. The molecular weight excluding hydrogens is 184 g/mol. The van der Waals surface area contributed by atoms with Gasteiger partial charge in [0.15, 0.2) is 0 Å². The zero-order valence-corrected chi connectivity index (χ0v) is 8.77. The van der Waals surface area contributed by atoms with Gasteiger partial charge in [-0.05, 0) is 36.1 Å². The van der Waals surface area contributed by atoms with Crippen LogP contribution in [-0.2, 0) is 0 Å². The SMILES string of the molecule is C=Cc1cc2cc([C@@H](C)N)ccc2cn1. The van der Waals surface area contributed by atoms with Crippen LogP contribution in [-0.4, -0.2) is 4.98 Å². The number of aromatic nitrogens is 1. The van der Waals surface area contributed by atoms with Gasteiger partial charge in [-0.1, -0.05) is 18.7 Å². The van der Waals surface area contributed by atoms with Crippen molar-refractivity contribution >= 4 is 16.8 Å². The zero-order valence-electron chi connectivity index (χ0n) is 8.77. The highest BCUT2D eigenvalue weighted by molar-refractivity contribution is 5.83. The average molecular weight is 198 g/mol. The standard InChI is InChI=1S/C13H14N2/c1-3-13-7-12-6-10(9(2)14)4-5-11(12)8-15-13/h3-9H,1,14H2,2H3/t9-/m1/s1. The Labute approximate surface area is 89.4 Å². The quantitative estimate of drug-likeness (QED) is 0.805. The minimum atomic E-state index is 0.0646. The van der Waals surface area contributed by atoms with Crippen molar-refractivity contribution in [2.45, 2.75) is 13.0 Å². The Hall–Kier alpha value is -1.67. The average Bonchev–Trinajstić information content (AvgIpc) is 2.27. The lowest BCUT2D eigenvalue weighted by Gasteiger charge is -2.07. The zero-order chi connectivity index (χ0) is 10.8. The molecule has 1 atom stereocenters. The highest BCUT2D eigenvalue weighted by atomic mass is 14.7. The van der Waals surface area contributed by atoms with Gasteiger partial charge in [0, 0.05) is 17.6 Å². The lowest BCUT2D eigenvalue weighted by atomic mass is 10.0. The number of benzene rings is 1. The predicted molar refractivity (Wildman–Crippen MR) is 64.4 cm³/mol. The number of nitrogens with zero attached hydrogens (tertiary/aromatic N) is 1. The largest absolute Gasteiger partial charge is 0.324 e. The van der Waals surface area contributed by atoms with Gasteiger partial charge in [0.05, 0.1) is 5.69 Å². The molecule has 2 aromatic rings. The monoisotopic (exact) mass is 198 g/mol. The van der Waals surface area contributed by atoms with Crippen LogP contribution >= 0.6 is 0 Å². The maximum atomic E-state index is 5.84. The summed E-state index contributed by atoms with van der Waals surface area (Å²) < 4.78 is 0. The normalized spacial score (nSPS) is 12.7. The molecule has 0 amide bonds. The van der Waals surface area contributed by atoms with Gasteiger partial charge < -0.3 is 5.73 Å². The number of rotatable bonds is 2. The fourth-order valence-corrected chi connectivity index (χ4v) is 1.57. The molecule has 0 saturated heterocycles. The molecule has 0 aliphatic heterocycles. The maximum Gasteiger partial charge on any atom is 0.0630 e. The van der Waals surface area contributed by atoms with E-state index >= 15 is 0 Å². The van der Waals surface area contributed by atoms with E-state index in [9.17, 15) is 0 Å². The lowest BCUT2D eigenvalue weighted by Crippen LogP contribution is -2.04. The minimum absolute atomic E-state index is 0.0646. The minimum Gasteiger partial charge on any atom is -0.324 e. The van der Waals surface area contributed by atoms with Crippen molar-refractivity contribution in [3.63, 3.8) is 0 Å². The molecule has 2 rings (SSSR count). The summed E-state index contributed by atoms with van der Waals surface area (Å²) in [4.78, 5) is 4.25. The first-order chi connectivity index (χ1) is 7.20. The van der Waals surface area contributed by atoms with E-state index in [1.807, 2.05) is 31.3 Å². The van der Waals surface area contributed by atoms with Crippen molar-refractivity contribution < 1.29 is 0 Å². The Balaban J connectivity index is 2.62. The summed E-state index contributed by atoms with van der Waals surface area (Å²) in [7, 11) is 0. The molecule has 0 aliphatic rings. The molecule has 0 unspecified atom stereocenters. The molecule has 1 aromatic carbocycles. The number of hydrogen-bond acceptors (Lipinski definition) is 2. The van der Waals surface area contributed by atoms with E-state index in [4.69, 9.17) is 5.73 Å². The second-order valence-corrected chi connectivity index (χ2v) is 3.71. The molecule has 2 heteroatoms. The van der Waals surface area contributed by atoms with Gasteiger partial charge in [-0.2, -0.15) is 0 Å². The molecule has 0 saturated carbocycles. The van der Waals surface area contributed by atoms with Gasteiger partial charge in [0.25, 0.3) is 0 Å². The van der Waals surface area contributed by atoms with E-state index in [0.29, 0.717) is 0 Å². The Morgan fingerprint density at radius 3 is 2.80 bits per heavy atom. The van der Waals surface area contributed by atoms with E-state index in [0.717, 1.165) is 22.0 Å². The van der Waals surface area contributed by atoms with Gasteiger partial charge in [0.2, 0.25) is 0 Å². The molecule has 0 aliphatic carbocycles. The van der Waals surface area contributed by atoms with Crippen LogP contribution < -0.4 is 5.73 Å². The fourth-order valence-electron chi connectivity index (χ4n) is 1.57. The molecule has 1 heterocycles. The van der Waals surface area contributed by atoms with Crippen molar-refractivity contribution in [2.75, 3.05) is 0 Å². The molecule has 15 heavy (non-hydrogen) atoms. The highest BCUT2D eigenvalue weighted by Gasteiger charge is 2.01. The van der Waals surface area contributed by atoms with Gasteiger partial charge in [-0.15, -0.1) is 0 Å². The smallest absolute Gasteiger partial charge is 0.0630 e. The summed E-state index contributed by atoms with van der Waals surface area (Å²) >= 11 is 0. The summed E-state index contributed by atoms with van der Waals surface area (Å²) in [5.74, 6) is 0. The predicted octanol–water partition coefficient (Wildman–Crippen LogP) is 2.90. The van der Waals surface area contributed by atoms with Crippen molar-refractivity contribution in [3.8, 4) is 0 Å². The first kappa shape index (κ1) is 9.87. The van der Waals surface area contributed by atoms with Crippen LogP contribution in [0.3, 0.4) is 0 Å². The summed E-state index contributed by atoms with van der Waals surface area (Å²) in [5.41, 5.74) is 7.87. The first-order valence-corrected chi connectivity index (χ1v) is 4.98. The van der Waals surface area contributed by atoms with Crippen LogP contribution in [0.2, 0.25) is 0 Å². The Morgan fingerprint density at radius 2 is 2.13 bits per heavy atom. The first-order valence-electron chi connectivity index (χ1n) is 4.98. The number of hydrogen-bond donors (Lipinski definition) is 1. The van der Waals surface area contributed by atoms with E-state index < -0.39 is 0 Å². The van der Waals surface area contributed by atoms with E-state index in [2.05, 4.69) is 17.6 Å². The van der Waals surface area contributed by atoms with Crippen LogP contribution in [0.25, 0.3) is 16.8 Å². The molecule has 76 valence electrons. The molecular formula is C13H14N2. The van der Waals surface area contributed by atoms with Crippen LogP contribution in [0.5, 0.6) is 0 Å². The van der Waals surface area contributed by atoms with Crippen molar-refractivity contribution in [1.29, 1.82) is 0 Å². The summed E-state index contributed by atoms with van der Waals surface area (Å²) in [6, 6.07) is 8.29. The molecule has 2 N–H and O–H groups in total. The fraction of sp³-hybridized carbons (Fsp3) is 0.154. The molecule has 2 nitrogen and oxygen atoms in total. The number of fused-ring (bicyclic) bond motifs is 1. The summed E-state index contributed by atoms with van der Waals surface area (Å²) in [5, 5.41) is 2.29. The lowest BCUT2D eigenvalue weighted by molar-refractivity contribution is 0.820. The molecule has 0 spiro atoms. The summed E-state index contributed by atoms with van der Waals surface area (Å²) in [6.45, 7) is 5.69. The van der Waals surface area contributed by atoms with Crippen LogP contribution in [0, 0.1) is 0 Å².